The van der Waals surface area contributed by atoms with E-state index in [1.807, 2.05) is 44.2 Å². The summed E-state index contributed by atoms with van der Waals surface area (Å²) in [6, 6.07) is 13.6. The second-order valence-electron chi connectivity index (χ2n) is 7.25. The van der Waals surface area contributed by atoms with E-state index in [4.69, 9.17) is 26.4 Å². The molecule has 0 bridgehead atoms. The van der Waals surface area contributed by atoms with Crippen LogP contribution in [0.15, 0.2) is 48.2 Å². The summed E-state index contributed by atoms with van der Waals surface area (Å²) in [7, 11) is 2.86. The molecule has 0 aliphatic carbocycles. The van der Waals surface area contributed by atoms with E-state index in [0.717, 1.165) is 5.56 Å². The normalized spacial score (nSPS) is 14.8. The lowest BCUT2D eigenvalue weighted by atomic mass is 10.1. The molecule has 2 aromatic rings. The van der Waals surface area contributed by atoms with Crippen LogP contribution in [-0.2, 0) is 20.9 Å². The van der Waals surface area contributed by atoms with E-state index in [2.05, 4.69) is 0 Å². The highest BCUT2D eigenvalue weighted by molar-refractivity contribution is 7.80. The average molecular weight is 455 g/mol. The molecule has 0 N–H and O–H groups in total. The molecule has 1 fully saturated rings. The lowest BCUT2D eigenvalue weighted by Crippen LogP contribution is -2.33. The van der Waals surface area contributed by atoms with Crippen molar-refractivity contribution in [3.63, 3.8) is 0 Å². The molecule has 32 heavy (non-hydrogen) atoms. The van der Waals surface area contributed by atoms with Crippen LogP contribution >= 0.6 is 12.2 Å². The molecule has 3 rings (SSSR count). The van der Waals surface area contributed by atoms with E-state index >= 15 is 0 Å². The first-order valence-electron chi connectivity index (χ1n) is 10.2. The van der Waals surface area contributed by atoms with Crippen LogP contribution < -0.4 is 9.47 Å². The summed E-state index contributed by atoms with van der Waals surface area (Å²) < 4.78 is 16.5. The maximum absolute atomic E-state index is 12.7. The lowest BCUT2D eigenvalue weighted by molar-refractivity contribution is -0.140. The maximum Gasteiger partial charge on any atom is 0.325 e. The summed E-state index contributed by atoms with van der Waals surface area (Å²) in [5, 5.41) is 0.245. The van der Waals surface area contributed by atoms with Gasteiger partial charge in [-0.15, -0.1) is 0 Å². The molecule has 0 radical (unpaired) electrons. The molecule has 1 amide bonds. The van der Waals surface area contributed by atoms with Gasteiger partial charge in [-0.05, 0) is 55.4 Å². The number of hydrogen-bond acceptors (Lipinski definition) is 6. The van der Waals surface area contributed by atoms with Crippen LogP contribution in [0.5, 0.6) is 11.5 Å². The van der Waals surface area contributed by atoms with Gasteiger partial charge in [-0.1, -0.05) is 35.9 Å². The number of rotatable bonds is 8. The van der Waals surface area contributed by atoms with Gasteiger partial charge < -0.3 is 19.1 Å². The van der Waals surface area contributed by atoms with Crippen LogP contribution in [-0.4, -0.2) is 54.1 Å². The molecule has 8 heteroatoms. The topological polar surface area (TPSA) is 68.3 Å². The highest BCUT2D eigenvalue weighted by Gasteiger charge is 2.36. The van der Waals surface area contributed by atoms with Crippen molar-refractivity contribution in [1.29, 1.82) is 0 Å². The Kier molecular flexibility index (Phi) is 7.48. The molecule has 1 aliphatic rings. The third-order valence-corrected chi connectivity index (χ3v) is 5.43. The highest BCUT2D eigenvalue weighted by Crippen LogP contribution is 2.31. The summed E-state index contributed by atoms with van der Waals surface area (Å²) in [6.07, 6.45) is 1.67. The third-order valence-electron chi connectivity index (χ3n) is 4.93. The number of carbonyl (C=O) groups excluding carboxylic acids is 2. The fourth-order valence-electron chi connectivity index (χ4n) is 3.15. The number of benzene rings is 2. The van der Waals surface area contributed by atoms with Gasteiger partial charge in [-0.25, -0.2) is 0 Å². The number of ether oxygens (including phenoxy) is 3. The molecule has 2 aromatic carbocycles. The van der Waals surface area contributed by atoms with Crippen LogP contribution in [0.1, 0.15) is 23.6 Å². The van der Waals surface area contributed by atoms with Gasteiger partial charge in [-0.3, -0.25) is 14.5 Å². The van der Waals surface area contributed by atoms with Crippen molar-refractivity contribution < 1.29 is 23.8 Å². The number of amides is 1. The third kappa shape index (κ3) is 5.26. The van der Waals surface area contributed by atoms with Crippen LogP contribution in [0.4, 0.5) is 0 Å². The van der Waals surface area contributed by atoms with Gasteiger partial charge in [0, 0.05) is 7.05 Å². The van der Waals surface area contributed by atoms with Crippen molar-refractivity contribution in [2.24, 2.45) is 0 Å². The first kappa shape index (κ1) is 23.3. The fraction of sp³-hybridized carbons (Fsp3) is 0.292. The van der Waals surface area contributed by atoms with Crippen molar-refractivity contribution in [3.05, 3.63) is 64.9 Å². The van der Waals surface area contributed by atoms with Crippen molar-refractivity contribution in [1.82, 2.24) is 9.80 Å². The van der Waals surface area contributed by atoms with Crippen molar-refractivity contribution in [3.8, 4) is 11.5 Å². The number of thiocarbonyl (C=S) groups is 1. The van der Waals surface area contributed by atoms with Crippen LogP contribution in [0, 0.1) is 6.92 Å². The van der Waals surface area contributed by atoms with Crippen molar-refractivity contribution in [2.45, 2.75) is 20.5 Å². The van der Waals surface area contributed by atoms with E-state index in [-0.39, 0.29) is 17.6 Å². The zero-order chi connectivity index (χ0) is 23.3. The SMILES string of the molecule is CCOc1cc(/C=C2/C(=O)N(C)C(=S)N2CC(=O)OC)ccc1OCc1ccc(C)cc1. The molecule has 1 aliphatic heterocycles. The number of carbonyl (C=O) groups is 2. The summed E-state index contributed by atoms with van der Waals surface area (Å²) in [4.78, 5) is 27.3. The lowest BCUT2D eigenvalue weighted by Gasteiger charge is -2.17. The van der Waals surface area contributed by atoms with E-state index in [1.54, 1.807) is 25.3 Å². The Hall–Kier alpha value is -3.39. The van der Waals surface area contributed by atoms with Crippen molar-refractivity contribution in [2.75, 3.05) is 27.3 Å². The molecule has 0 unspecified atom stereocenters. The van der Waals surface area contributed by atoms with E-state index in [9.17, 15) is 9.59 Å². The zero-order valence-corrected chi connectivity index (χ0v) is 19.4. The summed E-state index contributed by atoms with van der Waals surface area (Å²) in [5.74, 6) is 0.383. The minimum atomic E-state index is -0.490. The summed E-state index contributed by atoms with van der Waals surface area (Å²) >= 11 is 5.31. The fourth-order valence-corrected chi connectivity index (χ4v) is 3.40. The Balaban J connectivity index is 1.86. The molecule has 0 spiro atoms. The molecule has 1 heterocycles. The first-order chi connectivity index (χ1) is 15.3. The minimum Gasteiger partial charge on any atom is -0.490 e. The Morgan fingerprint density at radius 3 is 2.47 bits per heavy atom. The molecular formula is C24H26N2O5S. The quantitative estimate of drug-likeness (QED) is 0.343. The standard InChI is InChI=1S/C24H26N2O5S/c1-5-30-21-13-18(10-11-20(21)31-15-17-8-6-16(2)7-9-17)12-19-23(28)25(3)24(32)26(19)14-22(27)29-4/h6-13H,5,14-15H2,1-4H3/b19-12-. The first-order valence-corrected chi connectivity index (χ1v) is 10.6. The largest absolute Gasteiger partial charge is 0.490 e. The monoisotopic (exact) mass is 454 g/mol. The number of likely N-dealkylation sites (N-methyl/N-ethyl adjacent to an activating group) is 1. The average Bonchev–Trinajstić information content (AvgIpc) is 2.98. The van der Waals surface area contributed by atoms with Gasteiger partial charge in [0.05, 0.1) is 13.7 Å². The Morgan fingerprint density at radius 2 is 1.81 bits per heavy atom. The zero-order valence-electron chi connectivity index (χ0n) is 18.6. The Bertz CT molecular complexity index is 1050. The second kappa shape index (κ2) is 10.3. The van der Waals surface area contributed by atoms with Crippen LogP contribution in [0.25, 0.3) is 6.08 Å². The Morgan fingerprint density at radius 1 is 1.09 bits per heavy atom. The van der Waals surface area contributed by atoms with Gasteiger partial charge in [-0.2, -0.15) is 0 Å². The second-order valence-corrected chi connectivity index (χ2v) is 7.62. The Labute approximate surface area is 193 Å². The summed E-state index contributed by atoms with van der Waals surface area (Å²) in [5.41, 5.74) is 3.25. The van der Waals surface area contributed by atoms with E-state index < -0.39 is 5.97 Å². The number of hydrogen-bond donors (Lipinski definition) is 0. The smallest absolute Gasteiger partial charge is 0.325 e. The highest BCUT2D eigenvalue weighted by atomic mass is 32.1. The predicted molar refractivity (Wildman–Crippen MR) is 125 cm³/mol. The maximum atomic E-state index is 12.7. The minimum absolute atomic E-state index is 0.146. The molecule has 0 aromatic heterocycles. The molecule has 0 saturated carbocycles. The number of esters is 1. The van der Waals surface area contributed by atoms with Gasteiger partial charge >= 0.3 is 5.97 Å². The number of nitrogens with zero attached hydrogens (tertiary/aromatic N) is 2. The van der Waals surface area contributed by atoms with E-state index in [0.29, 0.717) is 36.0 Å². The van der Waals surface area contributed by atoms with Gasteiger partial charge in [0.15, 0.2) is 16.6 Å². The predicted octanol–water partition coefficient (Wildman–Crippen LogP) is 3.55. The molecular weight excluding hydrogens is 428 g/mol. The van der Waals surface area contributed by atoms with Gasteiger partial charge in [0.1, 0.15) is 18.8 Å². The molecule has 7 nitrogen and oxygen atoms in total. The number of methoxy groups -OCH3 is 1. The van der Waals surface area contributed by atoms with Crippen molar-refractivity contribution >= 4 is 35.3 Å². The molecule has 1 saturated heterocycles. The van der Waals surface area contributed by atoms with Gasteiger partial charge in [0.25, 0.3) is 5.91 Å². The molecule has 0 atom stereocenters. The van der Waals surface area contributed by atoms with Crippen LogP contribution in [0.2, 0.25) is 0 Å². The summed E-state index contributed by atoms with van der Waals surface area (Å²) in [6.45, 7) is 4.65. The molecule has 168 valence electrons. The van der Waals surface area contributed by atoms with E-state index in [1.165, 1.54) is 22.5 Å². The number of aryl methyl sites for hydroxylation is 1. The van der Waals surface area contributed by atoms with Crippen LogP contribution in [0.3, 0.4) is 0 Å². The van der Waals surface area contributed by atoms with Gasteiger partial charge in [0.2, 0.25) is 0 Å².